The van der Waals surface area contributed by atoms with E-state index in [9.17, 15) is 23.5 Å². The highest BCUT2D eigenvalue weighted by Crippen LogP contribution is 2.42. The van der Waals surface area contributed by atoms with Gasteiger partial charge in [0.15, 0.2) is 0 Å². The number of aliphatic carboxylic acids is 1. The zero-order chi connectivity index (χ0) is 26.6. The Hall–Kier alpha value is -3.20. The molecule has 2 N–H and O–H groups in total. The van der Waals surface area contributed by atoms with E-state index in [-0.39, 0.29) is 30.4 Å². The minimum atomic E-state index is -2.96. The van der Waals surface area contributed by atoms with Gasteiger partial charge in [-0.25, -0.2) is 9.59 Å². The Morgan fingerprint density at radius 3 is 2.17 bits per heavy atom. The van der Waals surface area contributed by atoms with E-state index in [1.54, 1.807) is 30.0 Å². The average molecular weight is 504 g/mol. The van der Waals surface area contributed by atoms with Gasteiger partial charge in [0.05, 0.1) is 6.04 Å². The molecular weight excluding hydrogens is 468 g/mol. The molecule has 1 heterocycles. The molecule has 0 spiro atoms. The molecule has 0 saturated carbocycles. The van der Waals surface area contributed by atoms with E-state index < -0.39 is 36.6 Å². The van der Waals surface area contributed by atoms with Gasteiger partial charge in [0, 0.05) is 36.2 Å². The number of rotatable bonds is 9. The van der Waals surface area contributed by atoms with E-state index in [1.165, 1.54) is 11.0 Å². The van der Waals surface area contributed by atoms with Crippen molar-refractivity contribution < 1.29 is 28.2 Å². The minimum Gasteiger partial charge on any atom is -0.480 e. The van der Waals surface area contributed by atoms with Gasteiger partial charge in [-0.15, -0.1) is 0 Å². The first kappa shape index (κ1) is 27.4. The van der Waals surface area contributed by atoms with E-state index in [4.69, 9.17) is 0 Å². The summed E-state index contributed by atoms with van der Waals surface area (Å²) in [5, 5.41) is 13.6. The lowest BCUT2D eigenvalue weighted by molar-refractivity contribution is -0.143. The van der Waals surface area contributed by atoms with Crippen LogP contribution in [0.25, 0.3) is 0 Å². The number of ether oxygens (including phenoxy) is 1. The number of halogens is 2. The molecule has 1 saturated heterocycles. The quantitative estimate of drug-likeness (QED) is 0.496. The van der Waals surface area contributed by atoms with Gasteiger partial charge < -0.3 is 25.0 Å². The fourth-order valence-electron chi connectivity index (χ4n) is 5.24. The monoisotopic (exact) mass is 503 g/mol. The number of likely N-dealkylation sites (tertiary alicyclic amines) is 1. The van der Waals surface area contributed by atoms with Crippen molar-refractivity contribution in [1.29, 1.82) is 0 Å². The summed E-state index contributed by atoms with van der Waals surface area (Å²) in [7, 11) is 0. The second-order valence-electron chi connectivity index (χ2n) is 9.68. The third kappa shape index (κ3) is 5.78. The van der Waals surface area contributed by atoms with Crippen molar-refractivity contribution in [3.05, 3.63) is 65.7 Å². The van der Waals surface area contributed by atoms with Crippen LogP contribution in [-0.4, -0.2) is 57.7 Å². The van der Waals surface area contributed by atoms with Crippen molar-refractivity contribution in [3.8, 4) is 5.75 Å². The van der Waals surface area contributed by atoms with Crippen molar-refractivity contribution in [1.82, 2.24) is 15.1 Å². The molecule has 7 nitrogen and oxygen atoms in total. The number of carboxylic acids is 1. The zero-order valence-electron chi connectivity index (χ0n) is 21.3. The standard InChI is InChI=1S/C27H35F2N3O4/c1-16(2)31(17(3)4)27(35)32-23(25(33)34)18(5)22(24(32)19-11-7-6-8-12-19)30-15-20-13-9-10-14-21(20)36-26(28)29/h6-14,16-18,22-24,26,30H,15H2,1-5H3,(H,33,34)/t18-,22-,23-,24-/m1/s1. The third-order valence-electron chi connectivity index (χ3n) is 6.67. The Labute approximate surface area is 211 Å². The van der Waals surface area contributed by atoms with Crippen LogP contribution in [0.15, 0.2) is 54.6 Å². The molecule has 0 aliphatic carbocycles. The van der Waals surface area contributed by atoms with Gasteiger partial charge in [0.1, 0.15) is 11.8 Å². The zero-order valence-corrected chi connectivity index (χ0v) is 21.3. The molecule has 36 heavy (non-hydrogen) atoms. The molecular formula is C27H35F2N3O4. The first-order valence-electron chi connectivity index (χ1n) is 12.2. The Balaban J connectivity index is 2.03. The second-order valence-corrected chi connectivity index (χ2v) is 9.68. The summed E-state index contributed by atoms with van der Waals surface area (Å²) in [6.07, 6.45) is 0. The smallest absolute Gasteiger partial charge is 0.387 e. The summed E-state index contributed by atoms with van der Waals surface area (Å²) in [5.74, 6) is -1.51. The summed E-state index contributed by atoms with van der Waals surface area (Å²) in [5.41, 5.74) is 1.31. The fraction of sp³-hybridized carbons (Fsp3) is 0.481. The predicted octanol–water partition coefficient (Wildman–Crippen LogP) is 5.13. The van der Waals surface area contributed by atoms with Crippen LogP contribution >= 0.6 is 0 Å². The number of para-hydroxylation sites is 1. The van der Waals surface area contributed by atoms with Crippen LogP contribution in [0.2, 0.25) is 0 Å². The number of amides is 2. The molecule has 0 unspecified atom stereocenters. The van der Waals surface area contributed by atoms with Crippen LogP contribution in [-0.2, 0) is 11.3 Å². The minimum absolute atomic E-state index is 0.0513. The SMILES string of the molecule is CC(C)N(C(=O)N1[C@H](c2ccccc2)[C@H](NCc2ccccc2OC(F)F)[C@@H](C)[C@@H]1C(=O)O)C(C)C. The first-order chi connectivity index (χ1) is 17.0. The molecule has 3 rings (SSSR count). The number of nitrogens with zero attached hydrogens (tertiary/aromatic N) is 2. The lowest BCUT2D eigenvalue weighted by atomic mass is 9.92. The summed E-state index contributed by atoms with van der Waals surface area (Å²) >= 11 is 0. The topological polar surface area (TPSA) is 82.1 Å². The van der Waals surface area contributed by atoms with Crippen molar-refractivity contribution in [2.45, 2.75) is 78.0 Å². The van der Waals surface area contributed by atoms with Crippen molar-refractivity contribution in [2.24, 2.45) is 5.92 Å². The highest BCUT2D eigenvalue weighted by Gasteiger charge is 2.53. The summed E-state index contributed by atoms with van der Waals surface area (Å²) in [6, 6.07) is 13.0. The number of alkyl halides is 2. The maximum Gasteiger partial charge on any atom is 0.387 e. The number of carboxylic acid groups (broad SMARTS) is 1. The number of benzene rings is 2. The number of carbonyl (C=O) groups excluding carboxylic acids is 1. The molecule has 196 valence electrons. The van der Waals surface area contributed by atoms with Crippen molar-refractivity contribution in [3.63, 3.8) is 0 Å². The lowest BCUT2D eigenvalue weighted by Crippen LogP contribution is -2.54. The Bertz CT molecular complexity index is 1030. The van der Waals surface area contributed by atoms with E-state index >= 15 is 0 Å². The predicted molar refractivity (Wildman–Crippen MR) is 133 cm³/mol. The van der Waals surface area contributed by atoms with Gasteiger partial charge in [0.25, 0.3) is 0 Å². The second kappa shape index (κ2) is 11.7. The summed E-state index contributed by atoms with van der Waals surface area (Å²) in [6.45, 7) is 6.61. The van der Waals surface area contributed by atoms with Gasteiger partial charge in [-0.1, -0.05) is 55.5 Å². The average Bonchev–Trinajstić information content (AvgIpc) is 3.10. The fourth-order valence-corrected chi connectivity index (χ4v) is 5.24. The number of hydrogen-bond donors (Lipinski definition) is 2. The van der Waals surface area contributed by atoms with Gasteiger partial charge in [-0.3, -0.25) is 0 Å². The van der Waals surface area contributed by atoms with Crippen LogP contribution in [0.3, 0.4) is 0 Å². The number of carbonyl (C=O) groups is 2. The molecule has 1 aliphatic rings. The molecule has 0 aromatic heterocycles. The summed E-state index contributed by atoms with van der Waals surface area (Å²) < 4.78 is 30.5. The van der Waals surface area contributed by atoms with Gasteiger partial charge in [-0.2, -0.15) is 8.78 Å². The largest absolute Gasteiger partial charge is 0.480 e. The Kier molecular flexibility index (Phi) is 8.89. The molecule has 0 radical (unpaired) electrons. The summed E-state index contributed by atoms with van der Waals surface area (Å²) in [4.78, 5) is 29.6. The lowest BCUT2D eigenvalue weighted by Gasteiger charge is -2.39. The van der Waals surface area contributed by atoms with Crippen LogP contribution in [0.1, 0.15) is 51.8 Å². The normalized spacial score (nSPS) is 21.9. The molecule has 2 aromatic carbocycles. The number of hydrogen-bond acceptors (Lipinski definition) is 4. The molecule has 1 aliphatic heterocycles. The van der Waals surface area contributed by atoms with E-state index in [0.717, 1.165) is 5.56 Å². The van der Waals surface area contributed by atoms with Gasteiger partial charge in [0.2, 0.25) is 0 Å². The van der Waals surface area contributed by atoms with Crippen molar-refractivity contribution >= 4 is 12.0 Å². The third-order valence-corrected chi connectivity index (χ3v) is 6.67. The van der Waals surface area contributed by atoms with Crippen molar-refractivity contribution in [2.75, 3.05) is 0 Å². The number of urea groups is 1. The maximum atomic E-state index is 13.9. The van der Waals surface area contributed by atoms with E-state index in [2.05, 4.69) is 10.1 Å². The van der Waals surface area contributed by atoms with E-state index in [1.807, 2.05) is 58.0 Å². The molecule has 2 amide bonds. The van der Waals surface area contributed by atoms with Gasteiger partial charge >= 0.3 is 18.6 Å². The first-order valence-corrected chi connectivity index (χ1v) is 12.2. The van der Waals surface area contributed by atoms with Crippen LogP contribution in [0.4, 0.5) is 13.6 Å². The van der Waals surface area contributed by atoms with E-state index in [0.29, 0.717) is 5.56 Å². The molecule has 2 aromatic rings. The van der Waals surface area contributed by atoms with Crippen LogP contribution in [0.5, 0.6) is 5.75 Å². The molecule has 0 bridgehead atoms. The van der Waals surface area contributed by atoms with Crippen LogP contribution < -0.4 is 10.1 Å². The van der Waals surface area contributed by atoms with Gasteiger partial charge in [-0.05, 0) is 39.3 Å². The van der Waals surface area contributed by atoms with Crippen LogP contribution in [0, 0.1) is 5.92 Å². The maximum absolute atomic E-state index is 13.9. The highest BCUT2D eigenvalue weighted by molar-refractivity contribution is 5.85. The Morgan fingerprint density at radius 1 is 1.03 bits per heavy atom. The highest BCUT2D eigenvalue weighted by atomic mass is 19.3. The molecule has 9 heteroatoms. The molecule has 1 fully saturated rings. The number of nitrogens with one attached hydrogen (secondary N) is 1. The molecule has 4 atom stereocenters. The Morgan fingerprint density at radius 2 is 1.61 bits per heavy atom.